The van der Waals surface area contributed by atoms with Crippen LogP contribution in [0.4, 0.5) is 15.3 Å². The SMILES string of the molecule is CC(C)(C)OC(=O)Oc1cc2c(c3ccccc13)[C@H](CCl)CN2C(=O)OC(C)(C)C. The van der Waals surface area contributed by atoms with Gasteiger partial charge >= 0.3 is 12.2 Å². The normalized spacial score (nSPS) is 16.4. The molecule has 0 saturated heterocycles. The van der Waals surface area contributed by atoms with E-state index in [0.717, 1.165) is 16.3 Å². The van der Waals surface area contributed by atoms with Crippen molar-refractivity contribution in [3.05, 3.63) is 35.9 Å². The molecule has 0 radical (unpaired) electrons. The van der Waals surface area contributed by atoms with Crippen LogP contribution in [0.15, 0.2) is 30.3 Å². The molecule has 2 aromatic rings. The molecule has 0 aliphatic carbocycles. The van der Waals surface area contributed by atoms with Gasteiger partial charge in [0.05, 0.1) is 5.69 Å². The van der Waals surface area contributed by atoms with Crippen LogP contribution in [0.25, 0.3) is 10.8 Å². The number of hydrogen-bond acceptors (Lipinski definition) is 5. The molecule has 7 heteroatoms. The van der Waals surface area contributed by atoms with Crippen LogP contribution in [0, 0.1) is 0 Å². The number of carbonyl (C=O) groups is 2. The number of rotatable bonds is 2. The van der Waals surface area contributed by atoms with Gasteiger partial charge in [0.15, 0.2) is 0 Å². The number of anilines is 1. The van der Waals surface area contributed by atoms with Crippen molar-refractivity contribution in [3.8, 4) is 5.75 Å². The van der Waals surface area contributed by atoms with E-state index in [4.69, 9.17) is 25.8 Å². The van der Waals surface area contributed by atoms with E-state index in [1.165, 1.54) is 0 Å². The van der Waals surface area contributed by atoms with E-state index < -0.39 is 23.5 Å². The predicted octanol–water partition coefficient (Wildman–Crippen LogP) is 6.23. The Balaban J connectivity index is 2.09. The Labute approximate surface area is 182 Å². The summed E-state index contributed by atoms with van der Waals surface area (Å²) in [6.07, 6.45) is -1.27. The Hall–Kier alpha value is -2.47. The summed E-state index contributed by atoms with van der Waals surface area (Å²) in [6.45, 7) is 11.2. The lowest BCUT2D eigenvalue weighted by molar-refractivity contribution is 0.0209. The summed E-state index contributed by atoms with van der Waals surface area (Å²) >= 11 is 6.25. The average Bonchev–Trinajstić information content (AvgIpc) is 2.97. The number of nitrogens with zero attached hydrogens (tertiary/aromatic N) is 1. The van der Waals surface area contributed by atoms with Gasteiger partial charge in [-0.1, -0.05) is 24.3 Å². The number of hydrogen-bond donors (Lipinski definition) is 0. The summed E-state index contributed by atoms with van der Waals surface area (Å²) in [5.74, 6) is 0.611. The van der Waals surface area contributed by atoms with E-state index in [2.05, 4.69) is 0 Å². The molecule has 3 rings (SSSR count). The van der Waals surface area contributed by atoms with Crippen LogP contribution in [0.3, 0.4) is 0 Å². The Kier molecular flexibility index (Phi) is 5.92. The van der Waals surface area contributed by atoms with E-state index in [1.54, 1.807) is 31.7 Å². The van der Waals surface area contributed by atoms with E-state index in [9.17, 15) is 9.59 Å². The number of halogens is 1. The fourth-order valence-corrected chi connectivity index (χ4v) is 3.73. The summed E-state index contributed by atoms with van der Waals surface area (Å²) in [7, 11) is 0. The monoisotopic (exact) mass is 433 g/mol. The van der Waals surface area contributed by atoms with Gasteiger partial charge in [0, 0.05) is 29.8 Å². The van der Waals surface area contributed by atoms with Gasteiger partial charge < -0.3 is 14.2 Å². The van der Waals surface area contributed by atoms with Crippen molar-refractivity contribution >= 4 is 40.3 Å². The molecule has 1 atom stereocenters. The molecule has 6 nitrogen and oxygen atoms in total. The first-order chi connectivity index (χ1) is 13.9. The maximum absolute atomic E-state index is 12.9. The Bertz CT molecular complexity index is 974. The lowest BCUT2D eigenvalue weighted by Gasteiger charge is -2.25. The second-order valence-corrected chi connectivity index (χ2v) is 9.67. The van der Waals surface area contributed by atoms with Gasteiger partial charge in [0.2, 0.25) is 0 Å². The molecule has 162 valence electrons. The number of benzene rings is 2. The third kappa shape index (κ3) is 4.81. The molecule has 1 aliphatic rings. The van der Waals surface area contributed by atoms with Crippen LogP contribution < -0.4 is 9.64 Å². The quantitative estimate of drug-likeness (QED) is 0.319. The topological polar surface area (TPSA) is 65.1 Å². The fraction of sp³-hybridized carbons (Fsp3) is 0.478. The molecule has 0 bridgehead atoms. The smallest absolute Gasteiger partial charge is 0.443 e. The molecule has 2 aromatic carbocycles. The van der Waals surface area contributed by atoms with Crippen molar-refractivity contribution in [3.63, 3.8) is 0 Å². The zero-order valence-electron chi connectivity index (χ0n) is 18.2. The lowest BCUT2D eigenvalue weighted by Crippen LogP contribution is -2.36. The van der Waals surface area contributed by atoms with Gasteiger partial charge in [0.1, 0.15) is 17.0 Å². The third-order valence-corrected chi connectivity index (χ3v) is 4.88. The predicted molar refractivity (Wildman–Crippen MR) is 118 cm³/mol. The van der Waals surface area contributed by atoms with Gasteiger partial charge in [-0.3, -0.25) is 4.90 Å². The summed E-state index contributed by atoms with van der Waals surface area (Å²) in [6, 6.07) is 9.28. The minimum Gasteiger partial charge on any atom is -0.443 e. The van der Waals surface area contributed by atoms with E-state index in [0.29, 0.717) is 23.9 Å². The van der Waals surface area contributed by atoms with Crippen LogP contribution in [-0.4, -0.2) is 35.9 Å². The van der Waals surface area contributed by atoms with E-state index in [-0.39, 0.29) is 5.92 Å². The average molecular weight is 434 g/mol. The summed E-state index contributed by atoms with van der Waals surface area (Å²) in [5.41, 5.74) is 0.258. The standard InChI is InChI=1S/C23H28ClNO5/c1-22(2,3)29-20(26)25-13-14(12-24)19-16-10-8-7-9-15(16)18(11-17(19)25)28-21(27)30-23(4,5)6/h7-11,14H,12-13H2,1-6H3/t14-/m1/s1. The van der Waals surface area contributed by atoms with Crippen molar-refractivity contribution in [2.45, 2.75) is 58.7 Å². The van der Waals surface area contributed by atoms with Gasteiger partial charge in [0.25, 0.3) is 0 Å². The number of fused-ring (bicyclic) bond motifs is 3. The van der Waals surface area contributed by atoms with E-state index >= 15 is 0 Å². The minimum absolute atomic E-state index is 0.0605. The van der Waals surface area contributed by atoms with Crippen molar-refractivity contribution in [2.24, 2.45) is 0 Å². The van der Waals surface area contributed by atoms with Gasteiger partial charge in [-0.05, 0) is 52.5 Å². The summed E-state index contributed by atoms with van der Waals surface area (Å²) < 4.78 is 16.4. The Morgan fingerprint density at radius 3 is 2.20 bits per heavy atom. The highest BCUT2D eigenvalue weighted by atomic mass is 35.5. The highest BCUT2D eigenvalue weighted by Gasteiger charge is 2.37. The maximum Gasteiger partial charge on any atom is 0.514 e. The molecule has 1 amide bonds. The number of carbonyl (C=O) groups excluding carboxylic acids is 2. The third-order valence-electron chi connectivity index (χ3n) is 4.51. The Morgan fingerprint density at radius 2 is 1.63 bits per heavy atom. The molecular formula is C23H28ClNO5. The Morgan fingerprint density at radius 1 is 1.03 bits per heavy atom. The molecule has 0 unspecified atom stereocenters. The van der Waals surface area contributed by atoms with Crippen LogP contribution in [0.2, 0.25) is 0 Å². The molecule has 0 fully saturated rings. The number of alkyl halides is 1. The van der Waals surface area contributed by atoms with Crippen LogP contribution in [0.1, 0.15) is 53.0 Å². The summed E-state index contributed by atoms with van der Waals surface area (Å²) in [5, 5.41) is 1.63. The van der Waals surface area contributed by atoms with Crippen molar-refractivity contribution < 1.29 is 23.8 Å². The van der Waals surface area contributed by atoms with E-state index in [1.807, 2.05) is 45.0 Å². The molecular weight excluding hydrogens is 406 g/mol. The molecule has 1 heterocycles. The molecule has 0 saturated carbocycles. The lowest BCUT2D eigenvalue weighted by atomic mass is 9.95. The molecule has 0 aromatic heterocycles. The first kappa shape index (κ1) is 22.2. The molecule has 0 N–H and O–H groups in total. The van der Waals surface area contributed by atoms with Crippen LogP contribution in [-0.2, 0) is 9.47 Å². The van der Waals surface area contributed by atoms with Crippen molar-refractivity contribution in [1.29, 1.82) is 0 Å². The largest absolute Gasteiger partial charge is 0.514 e. The van der Waals surface area contributed by atoms with Gasteiger partial charge in [-0.25, -0.2) is 9.59 Å². The van der Waals surface area contributed by atoms with Crippen LogP contribution in [0.5, 0.6) is 5.75 Å². The first-order valence-electron chi connectivity index (χ1n) is 9.92. The number of amides is 1. The fourth-order valence-electron chi connectivity index (χ4n) is 3.47. The van der Waals surface area contributed by atoms with Gasteiger partial charge in [-0.2, -0.15) is 0 Å². The van der Waals surface area contributed by atoms with Crippen molar-refractivity contribution in [2.75, 3.05) is 17.3 Å². The highest BCUT2D eigenvalue weighted by molar-refractivity contribution is 6.19. The van der Waals surface area contributed by atoms with Gasteiger partial charge in [-0.15, -0.1) is 11.6 Å². The maximum atomic E-state index is 12.9. The zero-order valence-corrected chi connectivity index (χ0v) is 19.0. The zero-order chi connectivity index (χ0) is 22.3. The molecule has 1 aliphatic heterocycles. The van der Waals surface area contributed by atoms with Crippen molar-refractivity contribution in [1.82, 2.24) is 0 Å². The number of ether oxygens (including phenoxy) is 3. The highest BCUT2D eigenvalue weighted by Crippen LogP contribution is 2.46. The van der Waals surface area contributed by atoms with Crippen LogP contribution >= 0.6 is 11.6 Å². The second kappa shape index (κ2) is 7.99. The molecule has 0 spiro atoms. The second-order valence-electron chi connectivity index (χ2n) is 9.36. The molecule has 30 heavy (non-hydrogen) atoms. The minimum atomic E-state index is -0.802. The first-order valence-corrected chi connectivity index (χ1v) is 10.5. The summed E-state index contributed by atoms with van der Waals surface area (Å²) in [4.78, 5) is 26.8.